The summed E-state index contributed by atoms with van der Waals surface area (Å²) in [4.78, 5) is 16.7. The van der Waals surface area contributed by atoms with E-state index in [9.17, 15) is 4.79 Å². The molecule has 3 aromatic rings. The van der Waals surface area contributed by atoms with E-state index >= 15 is 0 Å². The molecule has 2 aromatic carbocycles. The van der Waals surface area contributed by atoms with Crippen molar-refractivity contribution in [2.75, 3.05) is 11.9 Å². The van der Waals surface area contributed by atoms with E-state index in [1.807, 2.05) is 17.5 Å². The van der Waals surface area contributed by atoms with Crippen LogP contribution in [0.3, 0.4) is 0 Å². The summed E-state index contributed by atoms with van der Waals surface area (Å²) in [6.07, 6.45) is 3.11. The first kappa shape index (κ1) is 20.1. The Kier molecular flexibility index (Phi) is 7.20. The fourth-order valence-corrected chi connectivity index (χ4v) is 3.54. The van der Waals surface area contributed by atoms with Crippen LogP contribution >= 0.6 is 11.3 Å². The van der Waals surface area contributed by atoms with Crippen molar-refractivity contribution in [1.29, 1.82) is 0 Å². The van der Waals surface area contributed by atoms with Crippen LogP contribution < -0.4 is 10.1 Å². The second-order valence-electron chi connectivity index (χ2n) is 6.59. The van der Waals surface area contributed by atoms with Crippen molar-refractivity contribution in [1.82, 2.24) is 4.98 Å². The maximum Gasteiger partial charge on any atom is 0.226 e. The van der Waals surface area contributed by atoms with Gasteiger partial charge in [0.2, 0.25) is 5.91 Å². The van der Waals surface area contributed by atoms with Gasteiger partial charge in [-0.25, -0.2) is 4.98 Å². The Morgan fingerprint density at radius 2 is 1.64 bits per heavy atom. The largest absolute Gasteiger partial charge is 0.494 e. The van der Waals surface area contributed by atoms with Gasteiger partial charge in [0, 0.05) is 17.4 Å². The fraction of sp³-hybridized carbons (Fsp3) is 0.304. The number of amides is 1. The highest BCUT2D eigenvalue weighted by Crippen LogP contribution is 2.25. The van der Waals surface area contributed by atoms with Crippen LogP contribution in [0.15, 0.2) is 53.9 Å². The molecule has 0 saturated carbocycles. The minimum Gasteiger partial charge on any atom is -0.494 e. The predicted molar refractivity (Wildman–Crippen MR) is 116 cm³/mol. The third-order valence-corrected chi connectivity index (χ3v) is 5.31. The normalized spacial score (nSPS) is 10.6. The van der Waals surface area contributed by atoms with Gasteiger partial charge in [-0.15, -0.1) is 11.3 Å². The van der Waals surface area contributed by atoms with Crippen LogP contribution in [0.5, 0.6) is 5.75 Å². The topological polar surface area (TPSA) is 51.2 Å². The van der Waals surface area contributed by atoms with Gasteiger partial charge in [0.05, 0.1) is 12.3 Å². The molecule has 0 bridgehead atoms. The Morgan fingerprint density at radius 3 is 2.29 bits per heavy atom. The molecule has 1 heterocycles. The highest BCUT2D eigenvalue weighted by atomic mass is 32.1. The summed E-state index contributed by atoms with van der Waals surface area (Å²) >= 11 is 1.45. The molecule has 0 unspecified atom stereocenters. The van der Waals surface area contributed by atoms with Crippen LogP contribution in [-0.4, -0.2) is 17.5 Å². The van der Waals surface area contributed by atoms with Crippen molar-refractivity contribution in [3.8, 4) is 17.0 Å². The summed E-state index contributed by atoms with van der Waals surface area (Å²) in [5, 5.41) is 5.49. The van der Waals surface area contributed by atoms with Crippen LogP contribution in [0, 0.1) is 0 Å². The molecule has 1 N–H and O–H groups in total. The van der Waals surface area contributed by atoms with E-state index in [1.54, 1.807) is 0 Å². The molecular weight excluding hydrogens is 368 g/mol. The van der Waals surface area contributed by atoms with E-state index in [4.69, 9.17) is 4.74 Å². The lowest BCUT2D eigenvalue weighted by atomic mass is 10.1. The highest BCUT2D eigenvalue weighted by molar-refractivity contribution is 7.14. The minimum atomic E-state index is -0.0350. The van der Waals surface area contributed by atoms with Crippen molar-refractivity contribution in [2.45, 2.75) is 39.5 Å². The van der Waals surface area contributed by atoms with Crippen LogP contribution in [0.2, 0.25) is 0 Å². The van der Waals surface area contributed by atoms with Gasteiger partial charge in [-0.1, -0.05) is 50.2 Å². The first-order valence-corrected chi connectivity index (χ1v) is 10.6. The maximum atomic E-state index is 12.1. The standard InChI is InChI=1S/C23H26N2O2S/c1-3-17-7-11-19(12-8-17)21-16-28-23(24-21)25-22(26)6-5-15-27-20-13-9-18(4-2)10-14-20/h7-14,16H,3-6,15H2,1-2H3,(H,24,25,26). The molecule has 4 nitrogen and oxygen atoms in total. The number of anilines is 1. The Hall–Kier alpha value is -2.66. The van der Waals surface area contributed by atoms with E-state index in [0.29, 0.717) is 24.6 Å². The van der Waals surface area contributed by atoms with Gasteiger partial charge >= 0.3 is 0 Å². The average molecular weight is 395 g/mol. The summed E-state index contributed by atoms with van der Waals surface area (Å²) in [7, 11) is 0. The molecule has 0 aliphatic heterocycles. The SMILES string of the molecule is CCc1ccc(OCCCC(=O)Nc2nc(-c3ccc(CC)cc3)cs2)cc1. The number of rotatable bonds is 9. The molecule has 0 aliphatic carbocycles. The van der Waals surface area contributed by atoms with Gasteiger partial charge in [0.25, 0.3) is 0 Å². The zero-order valence-electron chi connectivity index (χ0n) is 16.4. The number of hydrogen-bond acceptors (Lipinski definition) is 4. The fourth-order valence-electron chi connectivity index (χ4n) is 2.80. The molecule has 0 radical (unpaired) electrons. The lowest BCUT2D eigenvalue weighted by molar-refractivity contribution is -0.116. The Labute approximate surface area is 170 Å². The van der Waals surface area contributed by atoms with Crippen LogP contribution in [-0.2, 0) is 17.6 Å². The lowest BCUT2D eigenvalue weighted by Crippen LogP contribution is -2.12. The zero-order valence-corrected chi connectivity index (χ0v) is 17.2. The number of aromatic nitrogens is 1. The molecule has 0 atom stereocenters. The van der Waals surface area contributed by atoms with E-state index in [0.717, 1.165) is 29.8 Å². The summed E-state index contributed by atoms with van der Waals surface area (Å²) in [5.41, 5.74) is 4.55. The molecule has 0 aliphatic rings. The first-order chi connectivity index (χ1) is 13.7. The van der Waals surface area contributed by atoms with Gasteiger partial charge in [-0.2, -0.15) is 0 Å². The number of nitrogens with one attached hydrogen (secondary N) is 1. The molecule has 0 fully saturated rings. The third kappa shape index (κ3) is 5.67. The number of aryl methyl sites for hydroxylation is 2. The summed E-state index contributed by atoms with van der Waals surface area (Å²) in [6, 6.07) is 16.5. The van der Waals surface area contributed by atoms with Gasteiger partial charge in [0.1, 0.15) is 5.75 Å². The van der Waals surface area contributed by atoms with Crippen LogP contribution in [0.1, 0.15) is 37.8 Å². The minimum absolute atomic E-state index is 0.0350. The number of benzene rings is 2. The quantitative estimate of drug-likeness (QED) is 0.471. The van der Waals surface area contributed by atoms with E-state index in [1.165, 1.54) is 22.5 Å². The number of nitrogens with zero attached hydrogens (tertiary/aromatic N) is 1. The molecular formula is C23H26N2O2S. The second kappa shape index (κ2) is 10.0. The van der Waals surface area contributed by atoms with Gasteiger partial charge in [0.15, 0.2) is 5.13 Å². The Balaban J connectivity index is 1.42. The van der Waals surface area contributed by atoms with Crippen molar-refractivity contribution >= 4 is 22.4 Å². The molecule has 28 heavy (non-hydrogen) atoms. The molecule has 1 amide bonds. The van der Waals surface area contributed by atoms with Gasteiger partial charge in [-0.3, -0.25) is 4.79 Å². The third-order valence-electron chi connectivity index (χ3n) is 4.56. The van der Waals surface area contributed by atoms with E-state index in [-0.39, 0.29) is 5.91 Å². The molecule has 0 spiro atoms. The summed E-state index contributed by atoms with van der Waals surface area (Å²) < 4.78 is 5.69. The average Bonchev–Trinajstić information content (AvgIpc) is 3.20. The number of carbonyl (C=O) groups excluding carboxylic acids is 1. The Morgan fingerprint density at radius 1 is 1.00 bits per heavy atom. The van der Waals surface area contributed by atoms with Crippen LogP contribution in [0.4, 0.5) is 5.13 Å². The molecule has 5 heteroatoms. The molecule has 146 valence electrons. The van der Waals surface area contributed by atoms with Crippen molar-refractivity contribution in [3.05, 3.63) is 65.0 Å². The number of carbonyl (C=O) groups is 1. The highest BCUT2D eigenvalue weighted by Gasteiger charge is 2.08. The second-order valence-corrected chi connectivity index (χ2v) is 7.44. The van der Waals surface area contributed by atoms with Crippen molar-refractivity contribution in [3.63, 3.8) is 0 Å². The predicted octanol–water partition coefficient (Wildman–Crippen LogP) is 5.73. The van der Waals surface area contributed by atoms with E-state index < -0.39 is 0 Å². The first-order valence-electron chi connectivity index (χ1n) is 9.74. The van der Waals surface area contributed by atoms with Gasteiger partial charge in [-0.05, 0) is 42.5 Å². The molecule has 0 saturated heterocycles. The maximum absolute atomic E-state index is 12.1. The van der Waals surface area contributed by atoms with Crippen molar-refractivity contribution < 1.29 is 9.53 Å². The van der Waals surface area contributed by atoms with Crippen molar-refractivity contribution in [2.24, 2.45) is 0 Å². The Bertz CT molecular complexity index is 886. The number of ether oxygens (including phenoxy) is 1. The van der Waals surface area contributed by atoms with Gasteiger partial charge < -0.3 is 10.1 Å². The number of thiazole rings is 1. The smallest absolute Gasteiger partial charge is 0.226 e. The van der Waals surface area contributed by atoms with E-state index in [2.05, 4.69) is 60.5 Å². The molecule has 1 aromatic heterocycles. The summed E-state index contributed by atoms with van der Waals surface area (Å²) in [5.74, 6) is 0.809. The van der Waals surface area contributed by atoms with Crippen LogP contribution in [0.25, 0.3) is 11.3 Å². The molecule has 3 rings (SSSR count). The monoisotopic (exact) mass is 394 g/mol. The lowest BCUT2D eigenvalue weighted by Gasteiger charge is -2.06. The summed E-state index contributed by atoms with van der Waals surface area (Å²) in [6.45, 7) is 4.78. The number of hydrogen-bond donors (Lipinski definition) is 1. The zero-order chi connectivity index (χ0) is 19.8.